The van der Waals surface area contributed by atoms with Gasteiger partial charge in [0.05, 0.1) is 24.1 Å². The van der Waals surface area contributed by atoms with Crippen molar-refractivity contribution in [3.63, 3.8) is 0 Å². The molecule has 1 saturated carbocycles. The Hall–Kier alpha value is -2.94. The van der Waals surface area contributed by atoms with Crippen molar-refractivity contribution in [1.29, 1.82) is 0 Å². The minimum atomic E-state index is -1.20. The monoisotopic (exact) mass is 476 g/mol. The Morgan fingerprint density at radius 2 is 1.91 bits per heavy atom. The average Bonchev–Trinajstić information content (AvgIpc) is 3.44. The van der Waals surface area contributed by atoms with Crippen molar-refractivity contribution < 1.29 is 31.9 Å². The summed E-state index contributed by atoms with van der Waals surface area (Å²) in [6.07, 6.45) is -0.646. The van der Waals surface area contributed by atoms with Crippen LogP contribution in [0.15, 0.2) is 36.4 Å². The van der Waals surface area contributed by atoms with Gasteiger partial charge in [-0.2, -0.15) is 0 Å². The van der Waals surface area contributed by atoms with Gasteiger partial charge < -0.3 is 15.0 Å². The molecule has 0 radical (unpaired) electrons. The standard InChI is InChI=1S/C25H24F4N2O3/c1-13-10-25(12-34-11-22(32)30-25)21(31(13)24(33)19-9-20(19)28)7-14-3-2-4-18(23(14)29)15-5-16(26)8-17(27)6-15/h2-6,8,13,19-21H,7,9-12H2,1H3,(H,30,32)/t13-,19?,20?,21+,25-/m1/s1. The van der Waals surface area contributed by atoms with Gasteiger partial charge in [-0.05, 0) is 49.4 Å². The normalized spacial score (nSPS) is 30.5. The molecule has 1 N–H and O–H groups in total. The van der Waals surface area contributed by atoms with Crippen LogP contribution in [0.2, 0.25) is 0 Å². The molecule has 2 unspecified atom stereocenters. The highest BCUT2D eigenvalue weighted by atomic mass is 19.1. The fourth-order valence-corrected chi connectivity index (χ4v) is 5.45. The molecule has 5 nitrogen and oxygen atoms in total. The fourth-order valence-electron chi connectivity index (χ4n) is 5.45. The molecule has 2 aliphatic heterocycles. The topological polar surface area (TPSA) is 58.6 Å². The Balaban J connectivity index is 1.53. The third-order valence-electron chi connectivity index (χ3n) is 7.04. The zero-order valence-electron chi connectivity index (χ0n) is 18.5. The highest BCUT2D eigenvalue weighted by molar-refractivity contribution is 5.84. The van der Waals surface area contributed by atoms with Crippen LogP contribution in [0, 0.1) is 23.4 Å². The smallest absolute Gasteiger partial charge is 0.246 e. The number of hydrogen-bond acceptors (Lipinski definition) is 3. The second-order valence-electron chi connectivity index (χ2n) is 9.51. The lowest BCUT2D eigenvalue weighted by atomic mass is 9.84. The van der Waals surface area contributed by atoms with Gasteiger partial charge in [0.1, 0.15) is 30.2 Å². The van der Waals surface area contributed by atoms with Crippen LogP contribution in [0.3, 0.4) is 0 Å². The third-order valence-corrected chi connectivity index (χ3v) is 7.04. The van der Waals surface area contributed by atoms with E-state index in [1.165, 1.54) is 12.1 Å². The van der Waals surface area contributed by atoms with E-state index in [1.54, 1.807) is 11.0 Å². The van der Waals surface area contributed by atoms with E-state index in [1.807, 2.05) is 6.92 Å². The number of nitrogens with zero attached hydrogens (tertiary/aromatic N) is 1. The number of hydrogen-bond donors (Lipinski definition) is 1. The molecule has 2 saturated heterocycles. The molecule has 2 amide bonds. The quantitative estimate of drug-likeness (QED) is 0.687. The molecule has 2 aromatic rings. The lowest BCUT2D eigenvalue weighted by molar-refractivity contribution is -0.141. The highest BCUT2D eigenvalue weighted by Crippen LogP contribution is 2.43. The largest absolute Gasteiger partial charge is 0.369 e. The molecule has 3 fully saturated rings. The first kappa shape index (κ1) is 22.8. The average molecular weight is 476 g/mol. The maximum Gasteiger partial charge on any atom is 0.246 e. The molecule has 34 heavy (non-hydrogen) atoms. The van der Waals surface area contributed by atoms with Gasteiger partial charge in [0, 0.05) is 17.7 Å². The Kier molecular flexibility index (Phi) is 5.62. The van der Waals surface area contributed by atoms with Crippen molar-refractivity contribution in [3.05, 3.63) is 59.4 Å². The van der Waals surface area contributed by atoms with E-state index in [0.29, 0.717) is 12.5 Å². The minimum absolute atomic E-state index is 0.0147. The summed E-state index contributed by atoms with van der Waals surface area (Å²) in [4.78, 5) is 26.9. The lowest BCUT2D eigenvalue weighted by Gasteiger charge is -2.41. The van der Waals surface area contributed by atoms with E-state index >= 15 is 4.39 Å². The van der Waals surface area contributed by atoms with Crippen molar-refractivity contribution in [3.8, 4) is 11.1 Å². The summed E-state index contributed by atoms with van der Waals surface area (Å²) in [5.41, 5.74) is -0.667. The van der Waals surface area contributed by atoms with Gasteiger partial charge in [-0.15, -0.1) is 0 Å². The molecule has 2 aromatic carbocycles. The fraction of sp³-hybridized carbons (Fsp3) is 0.440. The molecule has 2 heterocycles. The van der Waals surface area contributed by atoms with E-state index in [-0.39, 0.29) is 60.6 Å². The van der Waals surface area contributed by atoms with E-state index < -0.39 is 41.1 Å². The van der Waals surface area contributed by atoms with Gasteiger partial charge in [0.25, 0.3) is 0 Å². The molecule has 9 heteroatoms. The van der Waals surface area contributed by atoms with Crippen LogP contribution in [-0.2, 0) is 20.7 Å². The molecule has 0 bridgehead atoms. The van der Waals surface area contributed by atoms with Crippen LogP contribution in [0.5, 0.6) is 0 Å². The third kappa shape index (κ3) is 3.96. The number of halogens is 4. The summed E-state index contributed by atoms with van der Waals surface area (Å²) in [6, 6.07) is 6.33. The zero-order chi connectivity index (χ0) is 24.2. The Morgan fingerprint density at radius 3 is 2.56 bits per heavy atom. The van der Waals surface area contributed by atoms with Crippen molar-refractivity contribution >= 4 is 11.8 Å². The highest BCUT2D eigenvalue weighted by Gasteiger charge is 2.58. The van der Waals surface area contributed by atoms with Crippen LogP contribution in [0.25, 0.3) is 11.1 Å². The van der Waals surface area contributed by atoms with E-state index in [0.717, 1.165) is 12.1 Å². The number of morpholine rings is 1. The Bertz CT molecular complexity index is 1140. The first-order chi connectivity index (χ1) is 16.2. The van der Waals surface area contributed by atoms with Gasteiger partial charge in [-0.25, -0.2) is 17.6 Å². The number of alkyl halides is 1. The molecular formula is C25H24F4N2O3. The summed E-state index contributed by atoms with van der Waals surface area (Å²) in [6.45, 7) is 1.84. The van der Waals surface area contributed by atoms with Crippen molar-refractivity contribution in [2.45, 2.75) is 50.0 Å². The SMILES string of the molecule is C[C@@H]1C[C@@]2(COCC(=O)N2)[C@H](Cc2cccc(-c3cc(F)cc(F)c3)c2F)N1C(=O)C1CC1F. The van der Waals surface area contributed by atoms with Crippen LogP contribution >= 0.6 is 0 Å². The first-order valence-corrected chi connectivity index (χ1v) is 11.3. The minimum Gasteiger partial charge on any atom is -0.369 e. The molecule has 1 aliphatic carbocycles. The van der Waals surface area contributed by atoms with Crippen molar-refractivity contribution in [1.82, 2.24) is 10.2 Å². The predicted octanol–water partition coefficient (Wildman–Crippen LogP) is 3.55. The molecule has 5 atom stereocenters. The molecule has 5 rings (SSSR count). The molecule has 180 valence electrons. The zero-order valence-corrected chi connectivity index (χ0v) is 18.5. The summed E-state index contributed by atoms with van der Waals surface area (Å²) in [7, 11) is 0. The van der Waals surface area contributed by atoms with E-state index in [2.05, 4.69) is 5.32 Å². The first-order valence-electron chi connectivity index (χ1n) is 11.3. The number of amides is 2. The van der Waals surface area contributed by atoms with Gasteiger partial charge in [0.2, 0.25) is 11.8 Å². The van der Waals surface area contributed by atoms with Crippen LogP contribution in [-0.4, -0.2) is 53.7 Å². The van der Waals surface area contributed by atoms with Gasteiger partial charge in [-0.1, -0.05) is 18.2 Å². The number of carbonyl (C=O) groups excluding carboxylic acids is 2. The van der Waals surface area contributed by atoms with Gasteiger partial charge in [0.15, 0.2) is 0 Å². The van der Waals surface area contributed by atoms with Crippen LogP contribution in [0.4, 0.5) is 17.6 Å². The maximum absolute atomic E-state index is 15.6. The van der Waals surface area contributed by atoms with Gasteiger partial charge in [-0.3, -0.25) is 9.59 Å². The maximum atomic E-state index is 15.6. The molecule has 1 spiro atoms. The number of nitrogens with one attached hydrogen (secondary N) is 1. The van der Waals surface area contributed by atoms with E-state index in [4.69, 9.17) is 4.74 Å². The van der Waals surface area contributed by atoms with Crippen molar-refractivity contribution in [2.75, 3.05) is 13.2 Å². The van der Waals surface area contributed by atoms with Crippen LogP contribution < -0.4 is 5.32 Å². The van der Waals surface area contributed by atoms with Gasteiger partial charge >= 0.3 is 0 Å². The van der Waals surface area contributed by atoms with Crippen LogP contribution in [0.1, 0.15) is 25.3 Å². The lowest BCUT2D eigenvalue weighted by Crippen LogP contribution is -2.64. The molecular weight excluding hydrogens is 452 g/mol. The Labute approximate surface area is 194 Å². The summed E-state index contributed by atoms with van der Waals surface area (Å²) < 4.78 is 62.4. The second kappa shape index (κ2) is 8.37. The number of rotatable bonds is 4. The molecule has 3 aliphatic rings. The van der Waals surface area contributed by atoms with Crippen molar-refractivity contribution in [2.24, 2.45) is 5.92 Å². The summed E-state index contributed by atoms with van der Waals surface area (Å²) in [5, 5.41) is 2.96. The number of benzene rings is 2. The summed E-state index contributed by atoms with van der Waals surface area (Å²) >= 11 is 0. The number of ether oxygens (including phenoxy) is 1. The van der Waals surface area contributed by atoms with E-state index in [9.17, 15) is 22.8 Å². The number of likely N-dealkylation sites (tertiary alicyclic amines) is 1. The second-order valence-corrected chi connectivity index (χ2v) is 9.51. The number of carbonyl (C=O) groups is 2. The predicted molar refractivity (Wildman–Crippen MR) is 115 cm³/mol. The Morgan fingerprint density at radius 1 is 1.21 bits per heavy atom. The summed E-state index contributed by atoms with van der Waals surface area (Å²) in [5.74, 6) is -3.75. The molecule has 0 aromatic heterocycles.